The summed E-state index contributed by atoms with van der Waals surface area (Å²) >= 11 is 0. The van der Waals surface area contributed by atoms with E-state index in [1.165, 1.54) is 0 Å². The Morgan fingerprint density at radius 1 is 0.793 bits per heavy atom. The van der Waals surface area contributed by atoms with E-state index in [0.29, 0.717) is 42.4 Å². The van der Waals surface area contributed by atoms with Crippen molar-refractivity contribution in [2.24, 2.45) is 0 Å². The summed E-state index contributed by atoms with van der Waals surface area (Å²) in [6.45, 7) is 3.58. The molecule has 0 aromatic heterocycles. The molecular formula is C22H28N2O5. The van der Waals surface area contributed by atoms with E-state index in [2.05, 4.69) is 4.90 Å². The molecule has 2 aromatic rings. The maximum atomic E-state index is 12.9. The van der Waals surface area contributed by atoms with E-state index >= 15 is 0 Å². The summed E-state index contributed by atoms with van der Waals surface area (Å²) in [5, 5.41) is 0. The lowest BCUT2D eigenvalue weighted by Gasteiger charge is -2.35. The van der Waals surface area contributed by atoms with Crippen LogP contribution in [0.2, 0.25) is 0 Å². The molecule has 1 saturated heterocycles. The van der Waals surface area contributed by atoms with Crippen molar-refractivity contribution < 1.29 is 23.7 Å². The number of para-hydroxylation sites is 1. The van der Waals surface area contributed by atoms with Crippen molar-refractivity contribution in [3.63, 3.8) is 0 Å². The van der Waals surface area contributed by atoms with Gasteiger partial charge < -0.3 is 23.8 Å². The van der Waals surface area contributed by atoms with Crippen LogP contribution in [0.3, 0.4) is 0 Å². The first-order valence-corrected chi connectivity index (χ1v) is 9.54. The Kier molecular flexibility index (Phi) is 6.82. The number of methoxy groups -OCH3 is 4. The van der Waals surface area contributed by atoms with Gasteiger partial charge in [-0.05, 0) is 18.2 Å². The first-order valence-electron chi connectivity index (χ1n) is 9.54. The molecule has 2 aromatic carbocycles. The maximum Gasteiger partial charge on any atom is 0.257 e. The summed E-state index contributed by atoms with van der Waals surface area (Å²) < 4.78 is 21.6. The predicted molar refractivity (Wildman–Crippen MR) is 110 cm³/mol. The van der Waals surface area contributed by atoms with Gasteiger partial charge in [0.1, 0.15) is 11.5 Å². The average Bonchev–Trinajstić information content (AvgIpc) is 2.78. The van der Waals surface area contributed by atoms with Gasteiger partial charge in [-0.2, -0.15) is 0 Å². The zero-order chi connectivity index (χ0) is 20.8. The number of carbonyl (C=O) groups excluding carboxylic acids is 1. The number of amides is 1. The molecule has 0 bridgehead atoms. The molecule has 0 spiro atoms. The largest absolute Gasteiger partial charge is 0.496 e. The Bertz CT molecular complexity index is 847. The molecule has 3 rings (SSSR count). The van der Waals surface area contributed by atoms with Crippen LogP contribution in [-0.4, -0.2) is 70.3 Å². The van der Waals surface area contributed by atoms with Crippen molar-refractivity contribution in [2.75, 3.05) is 54.6 Å². The minimum atomic E-state index is 0.00537. The van der Waals surface area contributed by atoms with Gasteiger partial charge in [0.25, 0.3) is 5.91 Å². The molecule has 0 saturated carbocycles. The van der Waals surface area contributed by atoms with Crippen LogP contribution >= 0.6 is 0 Å². The number of rotatable bonds is 7. The molecule has 1 aliphatic rings. The summed E-state index contributed by atoms with van der Waals surface area (Å²) in [6.07, 6.45) is 0. The molecule has 29 heavy (non-hydrogen) atoms. The molecule has 0 atom stereocenters. The standard InChI is InChI=1S/C22H28N2O5/c1-26-18-8-6-5-7-17(18)22(25)24-11-9-23(10-12-24)15-16-13-20(28-3)21(29-4)14-19(16)27-2/h5-8,13-14H,9-12,15H2,1-4H3. The second-order valence-corrected chi connectivity index (χ2v) is 6.79. The van der Waals surface area contributed by atoms with Crippen molar-refractivity contribution in [3.8, 4) is 23.0 Å². The number of benzene rings is 2. The highest BCUT2D eigenvalue weighted by molar-refractivity contribution is 5.97. The summed E-state index contributed by atoms with van der Waals surface area (Å²) in [6, 6.07) is 11.1. The molecule has 7 heteroatoms. The zero-order valence-electron chi connectivity index (χ0n) is 17.4. The molecule has 1 fully saturated rings. The molecular weight excluding hydrogens is 372 g/mol. The predicted octanol–water partition coefficient (Wildman–Crippen LogP) is 2.68. The monoisotopic (exact) mass is 400 g/mol. The lowest BCUT2D eigenvalue weighted by molar-refractivity contribution is 0.0624. The first-order chi connectivity index (χ1) is 14.1. The van der Waals surface area contributed by atoms with Gasteiger partial charge in [0, 0.05) is 44.4 Å². The van der Waals surface area contributed by atoms with E-state index in [9.17, 15) is 4.79 Å². The van der Waals surface area contributed by atoms with Crippen LogP contribution < -0.4 is 18.9 Å². The number of ether oxygens (including phenoxy) is 4. The Hall–Kier alpha value is -2.93. The minimum absolute atomic E-state index is 0.00537. The number of hydrogen-bond acceptors (Lipinski definition) is 6. The highest BCUT2D eigenvalue weighted by Crippen LogP contribution is 2.35. The van der Waals surface area contributed by atoms with Gasteiger partial charge in [0.05, 0.1) is 34.0 Å². The zero-order valence-corrected chi connectivity index (χ0v) is 17.4. The summed E-state index contributed by atoms with van der Waals surface area (Å²) in [4.78, 5) is 17.1. The van der Waals surface area contributed by atoms with Crippen molar-refractivity contribution in [3.05, 3.63) is 47.5 Å². The number of hydrogen-bond donors (Lipinski definition) is 0. The minimum Gasteiger partial charge on any atom is -0.496 e. The summed E-state index contributed by atoms with van der Waals surface area (Å²) in [5.41, 5.74) is 1.62. The van der Waals surface area contributed by atoms with Crippen LogP contribution in [-0.2, 0) is 6.54 Å². The first kappa shape index (κ1) is 20.8. The van der Waals surface area contributed by atoms with E-state index in [0.717, 1.165) is 24.4 Å². The molecule has 0 aliphatic carbocycles. The summed E-state index contributed by atoms with van der Waals surface area (Å²) in [5.74, 6) is 2.68. The Morgan fingerprint density at radius 3 is 2.00 bits per heavy atom. The van der Waals surface area contributed by atoms with Gasteiger partial charge in [-0.25, -0.2) is 0 Å². The second kappa shape index (κ2) is 9.52. The van der Waals surface area contributed by atoms with Crippen LogP contribution in [0.5, 0.6) is 23.0 Å². The van der Waals surface area contributed by atoms with E-state index < -0.39 is 0 Å². The maximum absolute atomic E-state index is 12.9. The van der Waals surface area contributed by atoms with Crippen molar-refractivity contribution in [1.29, 1.82) is 0 Å². The normalized spacial score (nSPS) is 14.4. The Balaban J connectivity index is 1.66. The van der Waals surface area contributed by atoms with Crippen LogP contribution in [0, 0.1) is 0 Å². The SMILES string of the molecule is COc1cc(OC)c(OC)cc1CN1CCN(C(=O)c2ccccc2OC)CC1. The van der Waals surface area contributed by atoms with Gasteiger partial charge in [-0.3, -0.25) is 9.69 Å². The Morgan fingerprint density at radius 2 is 1.38 bits per heavy atom. The fraction of sp³-hybridized carbons (Fsp3) is 0.409. The molecule has 1 aliphatic heterocycles. The molecule has 1 amide bonds. The fourth-order valence-corrected chi connectivity index (χ4v) is 3.56. The van der Waals surface area contributed by atoms with Crippen LogP contribution in [0.1, 0.15) is 15.9 Å². The summed E-state index contributed by atoms with van der Waals surface area (Å²) in [7, 11) is 6.46. The molecule has 1 heterocycles. The molecule has 0 unspecified atom stereocenters. The third kappa shape index (κ3) is 4.56. The van der Waals surface area contributed by atoms with Crippen molar-refractivity contribution in [2.45, 2.75) is 6.54 Å². The van der Waals surface area contributed by atoms with E-state index in [1.54, 1.807) is 28.4 Å². The molecule has 7 nitrogen and oxygen atoms in total. The van der Waals surface area contributed by atoms with Crippen molar-refractivity contribution in [1.82, 2.24) is 9.80 Å². The van der Waals surface area contributed by atoms with Gasteiger partial charge in [0.2, 0.25) is 0 Å². The number of carbonyl (C=O) groups is 1. The van der Waals surface area contributed by atoms with Crippen LogP contribution in [0.4, 0.5) is 0 Å². The van der Waals surface area contributed by atoms with Gasteiger partial charge in [-0.15, -0.1) is 0 Å². The third-order valence-corrected chi connectivity index (χ3v) is 5.18. The highest BCUT2D eigenvalue weighted by Gasteiger charge is 2.25. The number of nitrogens with zero attached hydrogens (tertiary/aromatic N) is 2. The van der Waals surface area contributed by atoms with E-state index in [1.807, 2.05) is 41.3 Å². The lowest BCUT2D eigenvalue weighted by Crippen LogP contribution is -2.48. The number of piperazine rings is 1. The van der Waals surface area contributed by atoms with Gasteiger partial charge in [-0.1, -0.05) is 12.1 Å². The topological polar surface area (TPSA) is 60.5 Å². The Labute approximate surface area is 171 Å². The van der Waals surface area contributed by atoms with E-state index in [-0.39, 0.29) is 5.91 Å². The molecule has 0 radical (unpaired) electrons. The van der Waals surface area contributed by atoms with E-state index in [4.69, 9.17) is 18.9 Å². The average molecular weight is 400 g/mol. The molecule has 156 valence electrons. The smallest absolute Gasteiger partial charge is 0.257 e. The quantitative estimate of drug-likeness (QED) is 0.712. The third-order valence-electron chi connectivity index (χ3n) is 5.18. The second-order valence-electron chi connectivity index (χ2n) is 6.79. The van der Waals surface area contributed by atoms with Crippen LogP contribution in [0.15, 0.2) is 36.4 Å². The lowest BCUT2D eigenvalue weighted by atomic mass is 10.1. The van der Waals surface area contributed by atoms with Gasteiger partial charge in [0.15, 0.2) is 11.5 Å². The fourth-order valence-electron chi connectivity index (χ4n) is 3.56. The van der Waals surface area contributed by atoms with Crippen LogP contribution in [0.25, 0.3) is 0 Å². The highest BCUT2D eigenvalue weighted by atomic mass is 16.5. The molecule has 0 N–H and O–H groups in total. The van der Waals surface area contributed by atoms with Gasteiger partial charge >= 0.3 is 0 Å². The van der Waals surface area contributed by atoms with Crippen molar-refractivity contribution >= 4 is 5.91 Å².